The van der Waals surface area contributed by atoms with E-state index >= 15 is 0 Å². The van der Waals surface area contributed by atoms with E-state index in [0.29, 0.717) is 5.56 Å². The van der Waals surface area contributed by atoms with Crippen LogP contribution < -0.4 is 5.73 Å². The zero-order valence-corrected chi connectivity index (χ0v) is 9.65. The van der Waals surface area contributed by atoms with Crippen molar-refractivity contribution in [3.63, 3.8) is 0 Å². The second kappa shape index (κ2) is 5.65. The number of hydrogen-bond acceptors (Lipinski definition) is 4. The van der Waals surface area contributed by atoms with E-state index in [1.54, 1.807) is 6.07 Å². The average molecular weight is 258 g/mol. The third-order valence-electron chi connectivity index (χ3n) is 2.23. The van der Waals surface area contributed by atoms with Crippen LogP contribution in [0.4, 0.5) is 5.69 Å². The molecule has 4 N–H and O–H groups in total. The third-order valence-corrected chi connectivity index (χ3v) is 2.53. The number of anilines is 1. The van der Waals surface area contributed by atoms with Crippen LogP contribution in [-0.2, 0) is 16.0 Å². The third kappa shape index (κ3) is 3.44. The van der Waals surface area contributed by atoms with Crippen molar-refractivity contribution < 1.29 is 19.8 Å². The lowest BCUT2D eigenvalue weighted by molar-refractivity contribution is -0.146. The van der Waals surface area contributed by atoms with Crippen LogP contribution >= 0.6 is 11.6 Å². The smallest absolute Gasteiger partial charge is 0.337 e. The Bertz CT molecular complexity index is 447. The molecular weight excluding hydrogens is 246 g/mol. The topological polar surface area (TPSA) is 101 Å². The molecular formula is C11H12ClNO4. The molecule has 1 aromatic carbocycles. The van der Waals surface area contributed by atoms with Gasteiger partial charge in [-0.15, -0.1) is 11.6 Å². The molecule has 0 fully saturated rings. The number of rotatable bonds is 5. The zero-order valence-electron chi connectivity index (χ0n) is 8.89. The number of ketones is 1. The number of carboxylic acids is 1. The molecule has 0 saturated heterocycles. The van der Waals surface area contributed by atoms with Gasteiger partial charge in [-0.1, -0.05) is 12.1 Å². The maximum Gasteiger partial charge on any atom is 0.337 e. The molecule has 0 radical (unpaired) electrons. The maximum atomic E-state index is 11.1. The van der Waals surface area contributed by atoms with Crippen LogP contribution in [0.1, 0.15) is 17.2 Å². The van der Waals surface area contributed by atoms with E-state index in [9.17, 15) is 14.7 Å². The predicted octanol–water partition coefficient (Wildman–Crippen LogP) is 0.737. The van der Waals surface area contributed by atoms with Crippen molar-refractivity contribution in [3.8, 4) is 0 Å². The molecule has 0 aliphatic heterocycles. The monoisotopic (exact) mass is 257 g/mol. The highest BCUT2D eigenvalue weighted by Gasteiger charge is 2.19. The van der Waals surface area contributed by atoms with Gasteiger partial charge < -0.3 is 15.9 Å². The Morgan fingerprint density at radius 3 is 2.59 bits per heavy atom. The van der Waals surface area contributed by atoms with Crippen molar-refractivity contribution in [2.24, 2.45) is 0 Å². The zero-order chi connectivity index (χ0) is 13.0. The van der Waals surface area contributed by atoms with Crippen molar-refractivity contribution in [1.82, 2.24) is 0 Å². The molecule has 0 aromatic heterocycles. The number of halogens is 1. The molecule has 6 heteroatoms. The highest BCUT2D eigenvalue weighted by Crippen LogP contribution is 2.22. The average Bonchev–Trinajstić information content (AvgIpc) is 2.30. The minimum atomic E-state index is -1.69. The van der Waals surface area contributed by atoms with Gasteiger partial charge in [0.25, 0.3) is 0 Å². The summed E-state index contributed by atoms with van der Waals surface area (Å²) in [5.41, 5.74) is 6.38. The number of carbonyl (C=O) groups is 2. The van der Waals surface area contributed by atoms with E-state index in [0.717, 1.165) is 0 Å². The van der Waals surface area contributed by atoms with Gasteiger partial charge in [-0.2, -0.15) is 0 Å². The molecule has 17 heavy (non-hydrogen) atoms. The number of Topliss-reactive ketones (excluding diaryl/α,β-unsaturated/α-hetero) is 1. The largest absolute Gasteiger partial charge is 0.479 e. The lowest BCUT2D eigenvalue weighted by Crippen LogP contribution is -2.13. The summed E-state index contributed by atoms with van der Waals surface area (Å²) in [7, 11) is 0. The Morgan fingerprint density at radius 2 is 2.06 bits per heavy atom. The highest BCUT2D eigenvalue weighted by molar-refractivity contribution is 6.27. The summed E-state index contributed by atoms with van der Waals surface area (Å²) in [6.07, 6.45) is -1.61. The van der Waals surface area contributed by atoms with Crippen LogP contribution in [-0.4, -0.2) is 27.8 Å². The van der Waals surface area contributed by atoms with Gasteiger partial charge in [-0.05, 0) is 11.6 Å². The van der Waals surface area contributed by atoms with Crippen LogP contribution in [0.3, 0.4) is 0 Å². The van der Waals surface area contributed by atoms with Gasteiger partial charge in [-0.3, -0.25) is 4.79 Å². The first-order valence-corrected chi connectivity index (χ1v) is 5.36. The summed E-state index contributed by atoms with van der Waals surface area (Å²) in [5.74, 6) is -1.69. The summed E-state index contributed by atoms with van der Waals surface area (Å²) in [4.78, 5) is 21.8. The van der Waals surface area contributed by atoms with Gasteiger partial charge in [0.05, 0.1) is 5.88 Å². The first-order valence-electron chi connectivity index (χ1n) is 4.82. The normalized spacial score (nSPS) is 12.1. The van der Waals surface area contributed by atoms with Crippen LogP contribution in [0.2, 0.25) is 0 Å². The van der Waals surface area contributed by atoms with E-state index in [-0.39, 0.29) is 29.3 Å². The summed E-state index contributed by atoms with van der Waals surface area (Å²) < 4.78 is 0. The van der Waals surface area contributed by atoms with Gasteiger partial charge in [0.2, 0.25) is 0 Å². The number of carbonyl (C=O) groups excluding carboxylic acids is 1. The van der Waals surface area contributed by atoms with E-state index in [1.165, 1.54) is 12.1 Å². The number of benzene rings is 1. The molecule has 1 aromatic rings. The molecule has 0 amide bonds. The lowest BCUT2D eigenvalue weighted by Gasteiger charge is -2.11. The second-order valence-electron chi connectivity index (χ2n) is 3.55. The molecule has 1 unspecified atom stereocenters. The molecule has 1 rings (SSSR count). The second-order valence-corrected chi connectivity index (χ2v) is 3.82. The first kappa shape index (κ1) is 13.5. The van der Waals surface area contributed by atoms with Gasteiger partial charge in [0, 0.05) is 17.7 Å². The van der Waals surface area contributed by atoms with E-state index in [2.05, 4.69) is 0 Å². The molecule has 0 aliphatic rings. The fourth-order valence-electron chi connectivity index (χ4n) is 1.38. The molecule has 0 aliphatic carbocycles. The van der Waals surface area contributed by atoms with Crippen molar-refractivity contribution in [3.05, 3.63) is 29.3 Å². The van der Waals surface area contributed by atoms with Crippen LogP contribution in [0.5, 0.6) is 0 Å². The summed E-state index contributed by atoms with van der Waals surface area (Å²) in [5, 5.41) is 18.1. The standard InChI is InChI=1S/C11H12ClNO4/c12-5-7(14)3-6-1-2-9(13)8(4-6)10(15)11(16)17/h1-2,4,10,15H,3,5,13H2,(H,16,17). The molecule has 0 heterocycles. The number of nitrogens with two attached hydrogens (primary N) is 1. The fraction of sp³-hybridized carbons (Fsp3) is 0.273. The quantitative estimate of drug-likeness (QED) is 0.533. The summed E-state index contributed by atoms with van der Waals surface area (Å²) >= 11 is 5.37. The Labute approximate surface area is 103 Å². The van der Waals surface area contributed by atoms with Crippen LogP contribution in [0, 0.1) is 0 Å². The Hall–Kier alpha value is -1.59. The van der Waals surface area contributed by atoms with Gasteiger partial charge in [-0.25, -0.2) is 4.79 Å². The van der Waals surface area contributed by atoms with Crippen LogP contribution in [0.15, 0.2) is 18.2 Å². The van der Waals surface area contributed by atoms with Crippen molar-refractivity contribution in [2.45, 2.75) is 12.5 Å². The minimum absolute atomic E-state index is 0.0809. The minimum Gasteiger partial charge on any atom is -0.479 e. The molecule has 5 nitrogen and oxygen atoms in total. The molecule has 0 saturated carbocycles. The van der Waals surface area contributed by atoms with Crippen LogP contribution in [0.25, 0.3) is 0 Å². The maximum absolute atomic E-state index is 11.1. The van der Waals surface area contributed by atoms with Gasteiger partial charge in [0.15, 0.2) is 11.9 Å². The summed E-state index contributed by atoms with van der Waals surface area (Å²) in [6, 6.07) is 4.45. The van der Waals surface area contributed by atoms with Crippen molar-refractivity contribution >= 4 is 29.0 Å². The number of alkyl halides is 1. The number of carboxylic acid groups (broad SMARTS) is 1. The molecule has 0 spiro atoms. The van der Waals surface area contributed by atoms with E-state index in [1.807, 2.05) is 0 Å². The lowest BCUT2D eigenvalue weighted by atomic mass is 10.0. The molecule has 92 valence electrons. The van der Waals surface area contributed by atoms with Gasteiger partial charge >= 0.3 is 5.97 Å². The first-order chi connectivity index (χ1) is 7.95. The number of hydrogen-bond donors (Lipinski definition) is 3. The molecule has 0 bridgehead atoms. The highest BCUT2D eigenvalue weighted by atomic mass is 35.5. The van der Waals surface area contributed by atoms with Gasteiger partial charge in [0.1, 0.15) is 0 Å². The summed E-state index contributed by atoms with van der Waals surface area (Å²) in [6.45, 7) is 0. The predicted molar refractivity (Wildman–Crippen MR) is 62.9 cm³/mol. The van der Waals surface area contributed by atoms with Crippen molar-refractivity contribution in [2.75, 3.05) is 11.6 Å². The number of aliphatic hydroxyl groups is 1. The molecule has 1 atom stereocenters. The Kier molecular flexibility index (Phi) is 4.48. The fourth-order valence-corrected chi connectivity index (χ4v) is 1.47. The van der Waals surface area contributed by atoms with E-state index < -0.39 is 12.1 Å². The Morgan fingerprint density at radius 1 is 1.41 bits per heavy atom. The number of aliphatic carboxylic acids is 1. The van der Waals surface area contributed by atoms with E-state index in [4.69, 9.17) is 22.4 Å². The van der Waals surface area contributed by atoms with Crippen molar-refractivity contribution in [1.29, 1.82) is 0 Å². The number of aliphatic hydroxyl groups excluding tert-OH is 1. The SMILES string of the molecule is Nc1ccc(CC(=O)CCl)cc1C(O)C(=O)O. The number of nitrogen functional groups attached to an aromatic ring is 1. The Balaban J connectivity index is 3.02.